The molecular formula is C18H21FN2O3. The van der Waals surface area contributed by atoms with Crippen LogP contribution in [-0.4, -0.2) is 43.4 Å². The van der Waals surface area contributed by atoms with Gasteiger partial charge in [0.15, 0.2) is 0 Å². The van der Waals surface area contributed by atoms with E-state index in [0.717, 1.165) is 30.6 Å². The third kappa shape index (κ3) is 4.21. The maximum Gasteiger partial charge on any atom is 0.253 e. The predicted molar refractivity (Wildman–Crippen MR) is 88.3 cm³/mol. The molecule has 1 aliphatic heterocycles. The number of hydrogen-bond acceptors (Lipinski definition) is 3. The molecular weight excluding hydrogens is 311 g/mol. The zero-order chi connectivity index (χ0) is 16.8. The number of benzene rings is 1. The Kier molecular flexibility index (Phi) is 5.61. The van der Waals surface area contributed by atoms with Crippen molar-refractivity contribution in [1.29, 1.82) is 0 Å². The molecule has 1 aliphatic rings. The van der Waals surface area contributed by atoms with Crippen molar-refractivity contribution in [2.24, 2.45) is 0 Å². The summed E-state index contributed by atoms with van der Waals surface area (Å²) in [6.07, 6.45) is 5.27. The summed E-state index contributed by atoms with van der Waals surface area (Å²) in [5.41, 5.74) is 2.10. The predicted octanol–water partition coefficient (Wildman–Crippen LogP) is 2.75. The lowest BCUT2D eigenvalue weighted by molar-refractivity contribution is 0.0415. The molecule has 3 rings (SSSR count). The highest BCUT2D eigenvalue weighted by Crippen LogP contribution is 2.23. The summed E-state index contributed by atoms with van der Waals surface area (Å²) in [7, 11) is 0. The van der Waals surface area contributed by atoms with Crippen molar-refractivity contribution in [3.05, 3.63) is 48.0 Å². The number of rotatable bonds is 7. The number of aromatic amines is 1. The average Bonchev–Trinajstić information content (AvgIpc) is 3.26. The quantitative estimate of drug-likeness (QED) is 0.766. The number of carbonyl (C=O) groups excluding carboxylic acids is 1. The lowest BCUT2D eigenvalue weighted by Gasteiger charge is -2.10. The van der Waals surface area contributed by atoms with E-state index in [4.69, 9.17) is 9.47 Å². The number of halogens is 1. The molecule has 24 heavy (non-hydrogen) atoms. The molecule has 2 aromatic rings. The van der Waals surface area contributed by atoms with Crippen molar-refractivity contribution in [3.8, 4) is 11.1 Å². The van der Waals surface area contributed by atoms with Crippen LogP contribution in [0.15, 0.2) is 36.7 Å². The van der Waals surface area contributed by atoms with Gasteiger partial charge in [0.2, 0.25) is 0 Å². The first kappa shape index (κ1) is 16.7. The van der Waals surface area contributed by atoms with Gasteiger partial charge in [0, 0.05) is 37.7 Å². The summed E-state index contributed by atoms with van der Waals surface area (Å²) in [5, 5.41) is 2.89. The second kappa shape index (κ2) is 8.08. The summed E-state index contributed by atoms with van der Waals surface area (Å²) in [4.78, 5) is 15.3. The molecule has 6 heteroatoms. The van der Waals surface area contributed by atoms with Crippen LogP contribution in [0.5, 0.6) is 0 Å². The fourth-order valence-electron chi connectivity index (χ4n) is 2.68. The Hall–Kier alpha value is -2.18. The van der Waals surface area contributed by atoms with Crippen LogP contribution in [0.1, 0.15) is 23.2 Å². The third-order valence-electron chi connectivity index (χ3n) is 3.99. The Morgan fingerprint density at radius 1 is 1.33 bits per heavy atom. The summed E-state index contributed by atoms with van der Waals surface area (Å²) in [6, 6.07) is 6.09. The molecule has 0 aliphatic carbocycles. The number of hydrogen-bond donors (Lipinski definition) is 2. The molecule has 2 heterocycles. The molecule has 0 spiro atoms. The van der Waals surface area contributed by atoms with Crippen molar-refractivity contribution < 1.29 is 18.7 Å². The van der Waals surface area contributed by atoms with Crippen molar-refractivity contribution in [2.45, 2.75) is 18.9 Å². The molecule has 0 saturated carbocycles. The minimum atomic E-state index is -0.298. The average molecular weight is 332 g/mol. The van der Waals surface area contributed by atoms with Gasteiger partial charge in [0.1, 0.15) is 5.82 Å². The molecule has 5 nitrogen and oxygen atoms in total. The van der Waals surface area contributed by atoms with Crippen molar-refractivity contribution >= 4 is 5.91 Å². The highest BCUT2D eigenvalue weighted by molar-refractivity contribution is 6.00. The van der Waals surface area contributed by atoms with Gasteiger partial charge in [-0.05, 0) is 30.5 Å². The van der Waals surface area contributed by atoms with E-state index in [0.29, 0.717) is 25.3 Å². The monoisotopic (exact) mass is 332 g/mol. The number of ether oxygens (including phenoxy) is 2. The molecule has 1 amide bonds. The van der Waals surface area contributed by atoms with Crippen LogP contribution in [0.2, 0.25) is 0 Å². The van der Waals surface area contributed by atoms with Crippen LogP contribution in [-0.2, 0) is 9.47 Å². The number of H-pyrrole nitrogens is 1. The molecule has 0 radical (unpaired) electrons. The van der Waals surface area contributed by atoms with E-state index in [2.05, 4.69) is 10.3 Å². The minimum absolute atomic E-state index is 0.153. The molecule has 1 atom stereocenters. The number of nitrogens with one attached hydrogen (secondary N) is 2. The molecule has 1 saturated heterocycles. The van der Waals surface area contributed by atoms with Crippen molar-refractivity contribution in [2.75, 3.05) is 26.4 Å². The Labute approximate surface area is 140 Å². The van der Waals surface area contributed by atoms with Gasteiger partial charge < -0.3 is 19.8 Å². The van der Waals surface area contributed by atoms with Crippen LogP contribution >= 0.6 is 0 Å². The molecule has 2 N–H and O–H groups in total. The Bertz CT molecular complexity index is 663. The molecule has 1 aromatic heterocycles. The minimum Gasteiger partial charge on any atom is -0.379 e. The van der Waals surface area contributed by atoms with Gasteiger partial charge in [0.25, 0.3) is 5.91 Å². The SMILES string of the molecule is O=C(NCCCO[C@H]1CCOC1)c1c[nH]cc1-c1ccc(F)cc1. The molecule has 128 valence electrons. The van der Waals surface area contributed by atoms with E-state index in [9.17, 15) is 9.18 Å². The first-order valence-corrected chi connectivity index (χ1v) is 8.14. The Morgan fingerprint density at radius 2 is 2.17 bits per heavy atom. The van der Waals surface area contributed by atoms with Crippen LogP contribution in [0.25, 0.3) is 11.1 Å². The van der Waals surface area contributed by atoms with E-state index < -0.39 is 0 Å². The molecule has 1 fully saturated rings. The Balaban J connectivity index is 1.48. The van der Waals surface area contributed by atoms with Crippen LogP contribution < -0.4 is 5.32 Å². The van der Waals surface area contributed by atoms with Gasteiger partial charge in [-0.3, -0.25) is 4.79 Å². The number of amides is 1. The largest absolute Gasteiger partial charge is 0.379 e. The first-order chi connectivity index (χ1) is 11.7. The second-order valence-corrected chi connectivity index (χ2v) is 5.76. The van der Waals surface area contributed by atoms with E-state index in [1.165, 1.54) is 12.1 Å². The summed E-state index contributed by atoms with van der Waals surface area (Å²) in [5.74, 6) is -0.451. The lowest BCUT2D eigenvalue weighted by atomic mass is 10.0. The maximum absolute atomic E-state index is 13.0. The van der Waals surface area contributed by atoms with Crippen molar-refractivity contribution in [1.82, 2.24) is 10.3 Å². The number of carbonyl (C=O) groups is 1. The maximum atomic E-state index is 13.0. The van der Waals surface area contributed by atoms with E-state index in [1.807, 2.05) is 0 Å². The summed E-state index contributed by atoms with van der Waals surface area (Å²) in [6.45, 7) is 2.57. The highest BCUT2D eigenvalue weighted by Gasteiger charge is 2.16. The fourth-order valence-corrected chi connectivity index (χ4v) is 2.68. The molecule has 0 unspecified atom stereocenters. The summed E-state index contributed by atoms with van der Waals surface area (Å²) < 4.78 is 23.9. The number of aromatic nitrogens is 1. The summed E-state index contributed by atoms with van der Waals surface area (Å²) >= 11 is 0. The van der Waals surface area contributed by atoms with Crippen molar-refractivity contribution in [3.63, 3.8) is 0 Å². The van der Waals surface area contributed by atoms with Crippen LogP contribution in [0, 0.1) is 5.82 Å². The highest BCUT2D eigenvalue weighted by atomic mass is 19.1. The lowest BCUT2D eigenvalue weighted by Crippen LogP contribution is -2.26. The zero-order valence-corrected chi connectivity index (χ0v) is 13.4. The van der Waals surface area contributed by atoms with Gasteiger partial charge >= 0.3 is 0 Å². The van der Waals surface area contributed by atoms with Gasteiger partial charge in [0.05, 0.1) is 18.3 Å². The van der Waals surface area contributed by atoms with Gasteiger partial charge in [-0.2, -0.15) is 0 Å². The van der Waals surface area contributed by atoms with E-state index >= 15 is 0 Å². The molecule has 0 bridgehead atoms. The van der Waals surface area contributed by atoms with Crippen LogP contribution in [0.3, 0.4) is 0 Å². The topological polar surface area (TPSA) is 63.4 Å². The van der Waals surface area contributed by atoms with E-state index in [-0.39, 0.29) is 17.8 Å². The first-order valence-electron chi connectivity index (χ1n) is 8.14. The van der Waals surface area contributed by atoms with Crippen LogP contribution in [0.4, 0.5) is 4.39 Å². The second-order valence-electron chi connectivity index (χ2n) is 5.76. The smallest absolute Gasteiger partial charge is 0.253 e. The molecule has 1 aromatic carbocycles. The Morgan fingerprint density at radius 3 is 2.92 bits per heavy atom. The fraction of sp³-hybridized carbons (Fsp3) is 0.389. The van der Waals surface area contributed by atoms with E-state index in [1.54, 1.807) is 24.5 Å². The normalized spacial score (nSPS) is 17.1. The third-order valence-corrected chi connectivity index (χ3v) is 3.99. The van der Waals surface area contributed by atoms with Gasteiger partial charge in [-0.25, -0.2) is 4.39 Å². The zero-order valence-electron chi connectivity index (χ0n) is 13.4. The van der Waals surface area contributed by atoms with Gasteiger partial charge in [-0.15, -0.1) is 0 Å². The standard InChI is InChI=1S/C18H21FN2O3/c19-14-4-2-13(3-5-14)16-10-20-11-17(16)18(22)21-7-1-8-24-15-6-9-23-12-15/h2-5,10-11,15,20H,1,6-9,12H2,(H,21,22)/t15-/m0/s1. The van der Waals surface area contributed by atoms with Gasteiger partial charge in [-0.1, -0.05) is 12.1 Å².